The van der Waals surface area contributed by atoms with E-state index in [0.717, 1.165) is 29.3 Å². The molecule has 0 aliphatic heterocycles. The Hall–Kier alpha value is -1.29. The predicted octanol–water partition coefficient (Wildman–Crippen LogP) is 3.04. The first-order chi connectivity index (χ1) is 9.29. The minimum atomic E-state index is 0.650. The molecule has 0 aromatic carbocycles. The van der Waals surface area contributed by atoms with Crippen molar-refractivity contribution in [1.82, 2.24) is 14.5 Å². The number of anilines is 1. The molecule has 3 rings (SSSR count). The lowest BCUT2D eigenvalue weighted by Crippen LogP contribution is -2.20. The molecule has 1 fully saturated rings. The van der Waals surface area contributed by atoms with Crippen LogP contribution >= 0.6 is 11.6 Å². The van der Waals surface area contributed by atoms with E-state index in [2.05, 4.69) is 15.3 Å². The molecule has 19 heavy (non-hydrogen) atoms. The number of nitrogens with one attached hydrogen (secondary N) is 1. The molecule has 2 atom stereocenters. The molecule has 4 nitrogen and oxygen atoms in total. The fraction of sp³-hybridized carbons (Fsp3) is 0.571. The highest BCUT2D eigenvalue weighted by molar-refractivity contribution is 6.18. The summed E-state index contributed by atoms with van der Waals surface area (Å²) in [4.78, 5) is 8.83. The molecule has 2 unspecified atom stereocenters. The van der Waals surface area contributed by atoms with Crippen LogP contribution in [0.1, 0.15) is 19.3 Å². The topological polar surface area (TPSA) is 42.7 Å². The number of fused-ring (bicyclic) bond motifs is 1. The van der Waals surface area contributed by atoms with Gasteiger partial charge in [-0.15, -0.1) is 11.6 Å². The maximum atomic E-state index is 6.02. The molecule has 1 aliphatic carbocycles. The van der Waals surface area contributed by atoms with Crippen LogP contribution in [-0.4, -0.2) is 27.0 Å². The average molecular weight is 279 g/mol. The molecule has 0 spiro atoms. The molecule has 1 saturated carbocycles. The van der Waals surface area contributed by atoms with Crippen molar-refractivity contribution in [3.8, 4) is 0 Å². The van der Waals surface area contributed by atoms with Crippen molar-refractivity contribution in [2.45, 2.75) is 19.3 Å². The van der Waals surface area contributed by atoms with Gasteiger partial charge in [0.1, 0.15) is 5.52 Å². The molecule has 1 N–H and O–H groups in total. The summed E-state index contributed by atoms with van der Waals surface area (Å²) < 4.78 is 2.01. The second-order valence-corrected chi connectivity index (χ2v) is 5.68. The van der Waals surface area contributed by atoms with Gasteiger partial charge in [-0.25, -0.2) is 9.97 Å². The van der Waals surface area contributed by atoms with Crippen molar-refractivity contribution in [1.29, 1.82) is 0 Å². The number of hydrogen-bond acceptors (Lipinski definition) is 3. The quantitative estimate of drug-likeness (QED) is 0.874. The number of halogens is 1. The average Bonchev–Trinajstić information content (AvgIpc) is 3.03. The van der Waals surface area contributed by atoms with E-state index >= 15 is 0 Å². The molecule has 0 radical (unpaired) electrons. The summed E-state index contributed by atoms with van der Waals surface area (Å²) in [6.07, 6.45) is 7.49. The minimum Gasteiger partial charge on any atom is -0.368 e. The molecule has 2 aromatic heterocycles. The molecular weight excluding hydrogens is 260 g/mol. The number of nitrogens with zero attached hydrogens (tertiary/aromatic N) is 3. The van der Waals surface area contributed by atoms with Crippen molar-refractivity contribution in [2.24, 2.45) is 18.9 Å². The highest BCUT2D eigenvalue weighted by atomic mass is 35.5. The summed E-state index contributed by atoms with van der Waals surface area (Å²) in [6, 6.07) is 1.99. The zero-order chi connectivity index (χ0) is 13.2. The first-order valence-electron chi connectivity index (χ1n) is 6.85. The highest BCUT2D eigenvalue weighted by Gasteiger charge is 2.26. The maximum Gasteiger partial charge on any atom is 0.154 e. The first-order valence-corrected chi connectivity index (χ1v) is 7.39. The van der Waals surface area contributed by atoms with Gasteiger partial charge in [0.05, 0.1) is 11.8 Å². The molecule has 0 amide bonds. The van der Waals surface area contributed by atoms with Gasteiger partial charge in [0.25, 0.3) is 0 Å². The van der Waals surface area contributed by atoms with E-state index in [0.29, 0.717) is 11.8 Å². The Balaban J connectivity index is 1.75. The summed E-state index contributed by atoms with van der Waals surface area (Å²) in [5, 5.41) is 3.46. The number of alkyl halides is 1. The van der Waals surface area contributed by atoms with E-state index in [9.17, 15) is 0 Å². The van der Waals surface area contributed by atoms with Crippen LogP contribution in [0.2, 0.25) is 0 Å². The van der Waals surface area contributed by atoms with Gasteiger partial charge in [-0.3, -0.25) is 0 Å². The van der Waals surface area contributed by atoms with E-state index < -0.39 is 0 Å². The SMILES string of the molecule is Cn1cnc2c(NCC3CCCC3CCl)nccc21. The maximum absolute atomic E-state index is 6.02. The highest BCUT2D eigenvalue weighted by Crippen LogP contribution is 2.32. The van der Waals surface area contributed by atoms with E-state index in [-0.39, 0.29) is 0 Å². The standard InChI is InChI=1S/C14H19ClN4/c1-19-9-18-13-12(19)5-6-16-14(13)17-8-11-4-2-3-10(11)7-15/h5-6,9-11H,2-4,7-8H2,1H3,(H,16,17). The normalized spacial score (nSPS) is 23.1. The van der Waals surface area contributed by atoms with Gasteiger partial charge < -0.3 is 9.88 Å². The van der Waals surface area contributed by atoms with Crippen LogP contribution < -0.4 is 5.32 Å². The van der Waals surface area contributed by atoms with Crippen LogP contribution in [0.5, 0.6) is 0 Å². The minimum absolute atomic E-state index is 0.650. The van der Waals surface area contributed by atoms with Crippen molar-refractivity contribution in [3.05, 3.63) is 18.6 Å². The van der Waals surface area contributed by atoms with Gasteiger partial charge in [-0.05, 0) is 30.7 Å². The van der Waals surface area contributed by atoms with E-state index in [1.54, 1.807) is 0 Å². The van der Waals surface area contributed by atoms with Crippen LogP contribution in [0.3, 0.4) is 0 Å². The zero-order valence-corrected chi connectivity index (χ0v) is 11.9. The van der Waals surface area contributed by atoms with Crippen molar-refractivity contribution >= 4 is 28.5 Å². The van der Waals surface area contributed by atoms with E-state index in [1.807, 2.05) is 30.2 Å². The van der Waals surface area contributed by atoms with Crippen LogP contribution in [-0.2, 0) is 7.05 Å². The van der Waals surface area contributed by atoms with Gasteiger partial charge in [-0.1, -0.05) is 6.42 Å². The molecule has 1 aliphatic rings. The zero-order valence-electron chi connectivity index (χ0n) is 11.1. The van der Waals surface area contributed by atoms with Crippen LogP contribution in [0.15, 0.2) is 18.6 Å². The van der Waals surface area contributed by atoms with Gasteiger partial charge in [0.15, 0.2) is 5.82 Å². The van der Waals surface area contributed by atoms with Gasteiger partial charge in [-0.2, -0.15) is 0 Å². The Bertz CT molecular complexity index is 566. The fourth-order valence-electron chi connectivity index (χ4n) is 3.00. The Morgan fingerprint density at radius 2 is 2.21 bits per heavy atom. The lowest BCUT2D eigenvalue weighted by Gasteiger charge is -2.18. The van der Waals surface area contributed by atoms with E-state index in [1.165, 1.54) is 19.3 Å². The smallest absolute Gasteiger partial charge is 0.154 e. The second-order valence-electron chi connectivity index (χ2n) is 5.37. The van der Waals surface area contributed by atoms with Crippen molar-refractivity contribution in [3.63, 3.8) is 0 Å². The van der Waals surface area contributed by atoms with Crippen LogP contribution in [0, 0.1) is 11.8 Å². The summed E-state index contributed by atoms with van der Waals surface area (Å²) in [5.41, 5.74) is 2.06. The molecule has 2 heterocycles. The van der Waals surface area contributed by atoms with Gasteiger partial charge >= 0.3 is 0 Å². The largest absolute Gasteiger partial charge is 0.368 e. The summed E-state index contributed by atoms with van der Waals surface area (Å²) >= 11 is 6.02. The third-order valence-electron chi connectivity index (χ3n) is 4.19. The molecule has 5 heteroatoms. The lowest BCUT2D eigenvalue weighted by molar-refractivity contribution is 0.444. The summed E-state index contributed by atoms with van der Waals surface area (Å²) in [6.45, 7) is 0.945. The number of hydrogen-bond donors (Lipinski definition) is 1. The predicted molar refractivity (Wildman–Crippen MR) is 78.5 cm³/mol. The monoisotopic (exact) mass is 278 g/mol. The second kappa shape index (κ2) is 5.37. The molecular formula is C14H19ClN4. The van der Waals surface area contributed by atoms with Gasteiger partial charge in [0.2, 0.25) is 0 Å². The lowest BCUT2D eigenvalue weighted by atomic mass is 9.98. The van der Waals surface area contributed by atoms with Crippen molar-refractivity contribution in [2.75, 3.05) is 17.7 Å². The number of aromatic nitrogens is 3. The van der Waals surface area contributed by atoms with Gasteiger partial charge in [0, 0.05) is 25.7 Å². The Kier molecular flexibility index (Phi) is 3.60. The third-order valence-corrected chi connectivity index (χ3v) is 4.59. The number of pyridine rings is 1. The number of aryl methyl sites for hydroxylation is 1. The molecule has 102 valence electrons. The molecule has 0 bridgehead atoms. The third kappa shape index (κ3) is 2.41. The fourth-order valence-corrected chi connectivity index (χ4v) is 3.41. The Morgan fingerprint density at radius 1 is 1.37 bits per heavy atom. The first kappa shape index (κ1) is 12.7. The van der Waals surface area contributed by atoms with Crippen LogP contribution in [0.4, 0.5) is 5.82 Å². The van der Waals surface area contributed by atoms with Crippen molar-refractivity contribution < 1.29 is 0 Å². The van der Waals surface area contributed by atoms with E-state index in [4.69, 9.17) is 11.6 Å². The Morgan fingerprint density at radius 3 is 3.05 bits per heavy atom. The summed E-state index contributed by atoms with van der Waals surface area (Å²) in [7, 11) is 2.00. The van der Waals surface area contributed by atoms with Crippen LogP contribution in [0.25, 0.3) is 11.0 Å². The Labute approximate surface area is 118 Å². The summed E-state index contributed by atoms with van der Waals surface area (Å²) in [5.74, 6) is 2.97. The molecule has 0 saturated heterocycles. The number of imidazole rings is 1. The number of rotatable bonds is 4. The molecule has 2 aromatic rings.